The Kier molecular flexibility index (Phi) is 9.38. The quantitative estimate of drug-likeness (QED) is 0.134. The van der Waals surface area contributed by atoms with E-state index < -0.39 is 8.32 Å². The van der Waals surface area contributed by atoms with Gasteiger partial charge in [0.15, 0.2) is 8.32 Å². The first-order valence-corrected chi connectivity index (χ1v) is 18.4. The van der Waals surface area contributed by atoms with E-state index in [-0.39, 0.29) is 47.1 Å². The summed E-state index contributed by atoms with van der Waals surface area (Å²) in [5.41, 5.74) is 3.93. The number of carbonyl (C=O) groups is 2. The molecule has 2 fully saturated rings. The summed E-state index contributed by atoms with van der Waals surface area (Å²) in [5, 5.41) is 0.0735. The molecule has 0 bridgehead atoms. The second-order valence-corrected chi connectivity index (χ2v) is 18.2. The summed E-state index contributed by atoms with van der Waals surface area (Å²) in [6.07, 6.45) is 6.23. The second kappa shape index (κ2) is 13.0. The van der Waals surface area contributed by atoms with Crippen LogP contribution in [0.15, 0.2) is 97.1 Å². The van der Waals surface area contributed by atoms with Gasteiger partial charge in [-0.2, -0.15) is 0 Å². The van der Waals surface area contributed by atoms with Gasteiger partial charge < -0.3 is 13.9 Å². The molecule has 0 amide bonds. The van der Waals surface area contributed by atoms with Gasteiger partial charge in [0.05, 0.1) is 18.1 Å². The zero-order valence-electron chi connectivity index (χ0n) is 26.0. The van der Waals surface area contributed by atoms with E-state index in [1.165, 1.54) is 5.56 Å². The summed E-state index contributed by atoms with van der Waals surface area (Å²) in [4.78, 5) is 25.5. The average Bonchev–Trinajstić information content (AvgIpc) is 3.50. The fraction of sp³-hybridized carbons (Fsp3) is 0.405. The van der Waals surface area contributed by atoms with E-state index in [9.17, 15) is 9.59 Å². The standard InChI is InChI=1S/C37H44O5Si/c1-37(2,3)43(4,5)42-30(21-16-26-12-8-6-9-13-26)22-23-31-32-24-35(38)40-34(32)25-33(31)41-36(39)29-19-17-28(18-20-29)27-14-10-7-11-15-27/h6-15,17-20,22-23,30-34H,16,21,24-25H2,1-5H3/t30-,31+,32-,33+,34+/m0/s1. The molecule has 3 aromatic carbocycles. The predicted molar refractivity (Wildman–Crippen MR) is 173 cm³/mol. The van der Waals surface area contributed by atoms with Crippen LogP contribution in [-0.2, 0) is 25.1 Å². The topological polar surface area (TPSA) is 61.8 Å². The molecular weight excluding hydrogens is 552 g/mol. The van der Waals surface area contributed by atoms with Crippen LogP contribution in [0.2, 0.25) is 18.1 Å². The third-order valence-corrected chi connectivity index (χ3v) is 13.9. The van der Waals surface area contributed by atoms with Crippen molar-refractivity contribution in [2.24, 2.45) is 11.8 Å². The van der Waals surface area contributed by atoms with E-state index >= 15 is 0 Å². The van der Waals surface area contributed by atoms with Gasteiger partial charge in [0, 0.05) is 18.3 Å². The summed E-state index contributed by atoms with van der Waals surface area (Å²) in [6.45, 7) is 11.3. The molecule has 5 nitrogen and oxygen atoms in total. The Morgan fingerprint density at radius 3 is 2.23 bits per heavy atom. The largest absolute Gasteiger partial charge is 0.462 e. The molecule has 1 saturated heterocycles. The van der Waals surface area contributed by atoms with E-state index in [2.05, 4.69) is 70.3 Å². The van der Waals surface area contributed by atoms with Crippen LogP contribution in [0.5, 0.6) is 0 Å². The van der Waals surface area contributed by atoms with Crippen molar-refractivity contribution >= 4 is 20.3 Å². The van der Waals surface area contributed by atoms with Crippen LogP contribution in [0.1, 0.15) is 56.0 Å². The van der Waals surface area contributed by atoms with E-state index in [0.29, 0.717) is 18.4 Å². The van der Waals surface area contributed by atoms with Crippen molar-refractivity contribution in [1.29, 1.82) is 0 Å². The molecule has 1 heterocycles. The summed E-state index contributed by atoms with van der Waals surface area (Å²) in [6, 6.07) is 28.1. The number of hydrogen-bond acceptors (Lipinski definition) is 5. The van der Waals surface area contributed by atoms with E-state index in [0.717, 1.165) is 24.0 Å². The third-order valence-electron chi connectivity index (χ3n) is 9.40. The fourth-order valence-electron chi connectivity index (χ4n) is 5.88. The van der Waals surface area contributed by atoms with Gasteiger partial charge in [-0.25, -0.2) is 4.79 Å². The number of rotatable bonds is 10. The molecule has 3 aromatic rings. The van der Waals surface area contributed by atoms with Crippen molar-refractivity contribution in [3.05, 3.63) is 108 Å². The molecule has 1 aliphatic carbocycles. The van der Waals surface area contributed by atoms with Gasteiger partial charge in [-0.05, 0) is 59.8 Å². The predicted octanol–water partition coefficient (Wildman–Crippen LogP) is 8.41. The first kappa shape index (κ1) is 31.0. The summed E-state index contributed by atoms with van der Waals surface area (Å²) < 4.78 is 18.7. The van der Waals surface area contributed by atoms with Crippen LogP contribution >= 0.6 is 0 Å². The SMILES string of the molecule is CC(C)(C)[Si](C)(C)O[C@H](C=C[C@@H]1[C@@H]2CC(=O)O[C@@H]2C[C@H]1OC(=O)c1ccc(-c2ccccc2)cc1)CCc1ccccc1. The normalized spacial score (nSPS) is 22.8. The van der Waals surface area contributed by atoms with E-state index in [1.54, 1.807) is 0 Å². The molecule has 1 aliphatic heterocycles. The molecule has 5 rings (SSSR count). The fourth-order valence-corrected chi connectivity index (χ4v) is 7.19. The van der Waals surface area contributed by atoms with Gasteiger partial charge in [0.2, 0.25) is 0 Å². The van der Waals surface area contributed by atoms with Gasteiger partial charge >= 0.3 is 11.9 Å². The molecule has 6 heteroatoms. The molecule has 0 radical (unpaired) electrons. The molecule has 0 aromatic heterocycles. The highest BCUT2D eigenvalue weighted by atomic mass is 28.4. The molecule has 0 spiro atoms. The Morgan fingerprint density at radius 1 is 0.953 bits per heavy atom. The third kappa shape index (κ3) is 7.54. The Balaban J connectivity index is 1.33. The average molecular weight is 597 g/mol. The van der Waals surface area contributed by atoms with Crippen LogP contribution < -0.4 is 0 Å². The maximum Gasteiger partial charge on any atom is 0.338 e. The Morgan fingerprint density at radius 2 is 1.58 bits per heavy atom. The number of esters is 2. The zero-order valence-corrected chi connectivity index (χ0v) is 27.0. The highest BCUT2D eigenvalue weighted by molar-refractivity contribution is 6.74. The van der Waals surface area contributed by atoms with Gasteiger partial charge in [0.1, 0.15) is 12.2 Å². The van der Waals surface area contributed by atoms with Crippen molar-refractivity contribution in [1.82, 2.24) is 0 Å². The lowest BCUT2D eigenvalue weighted by atomic mass is 9.91. The number of ether oxygens (including phenoxy) is 2. The molecule has 0 unspecified atom stereocenters. The molecule has 43 heavy (non-hydrogen) atoms. The van der Waals surface area contributed by atoms with Crippen LogP contribution in [0, 0.1) is 11.8 Å². The smallest absolute Gasteiger partial charge is 0.338 e. The second-order valence-electron chi connectivity index (χ2n) is 13.4. The van der Waals surface area contributed by atoms with Crippen molar-refractivity contribution in [2.75, 3.05) is 0 Å². The molecule has 226 valence electrons. The van der Waals surface area contributed by atoms with Crippen molar-refractivity contribution < 1.29 is 23.5 Å². The first-order chi connectivity index (χ1) is 20.5. The maximum atomic E-state index is 13.3. The van der Waals surface area contributed by atoms with Crippen LogP contribution in [0.3, 0.4) is 0 Å². The highest BCUT2D eigenvalue weighted by Gasteiger charge is 2.51. The highest BCUT2D eigenvalue weighted by Crippen LogP contribution is 2.44. The van der Waals surface area contributed by atoms with Gasteiger partial charge in [-0.3, -0.25) is 4.79 Å². The lowest BCUT2D eigenvalue weighted by Crippen LogP contribution is -2.43. The van der Waals surface area contributed by atoms with Crippen molar-refractivity contribution in [3.8, 4) is 11.1 Å². The lowest BCUT2D eigenvalue weighted by molar-refractivity contribution is -0.141. The number of aryl methyl sites for hydroxylation is 1. The Hall–Kier alpha value is -3.48. The van der Waals surface area contributed by atoms with Crippen molar-refractivity contribution in [2.45, 2.75) is 82.9 Å². The van der Waals surface area contributed by atoms with Crippen molar-refractivity contribution in [3.63, 3.8) is 0 Å². The molecular formula is C37H44O5Si. The van der Waals surface area contributed by atoms with E-state index in [1.807, 2.05) is 60.7 Å². The summed E-state index contributed by atoms with van der Waals surface area (Å²) in [7, 11) is -2.05. The Bertz CT molecular complexity index is 1410. The minimum absolute atomic E-state index is 0.00958. The molecule has 5 atom stereocenters. The summed E-state index contributed by atoms with van der Waals surface area (Å²) in [5.74, 6) is -0.656. The van der Waals surface area contributed by atoms with Crippen LogP contribution in [0.4, 0.5) is 0 Å². The number of hydrogen-bond donors (Lipinski definition) is 0. The molecule has 1 saturated carbocycles. The first-order valence-electron chi connectivity index (χ1n) is 15.5. The number of carbonyl (C=O) groups excluding carboxylic acids is 2. The van der Waals surface area contributed by atoms with Gasteiger partial charge in [-0.1, -0.05) is 106 Å². The zero-order chi connectivity index (χ0) is 30.6. The summed E-state index contributed by atoms with van der Waals surface area (Å²) >= 11 is 0. The molecule has 2 aliphatic rings. The van der Waals surface area contributed by atoms with Gasteiger partial charge in [-0.15, -0.1) is 0 Å². The monoisotopic (exact) mass is 596 g/mol. The maximum absolute atomic E-state index is 13.3. The Labute approximate surface area is 257 Å². The number of benzene rings is 3. The van der Waals surface area contributed by atoms with Crippen LogP contribution in [0.25, 0.3) is 11.1 Å². The van der Waals surface area contributed by atoms with Gasteiger partial charge in [0.25, 0.3) is 0 Å². The minimum Gasteiger partial charge on any atom is -0.462 e. The molecule has 0 N–H and O–H groups in total. The number of fused-ring (bicyclic) bond motifs is 1. The van der Waals surface area contributed by atoms with Crippen LogP contribution in [-0.4, -0.2) is 38.6 Å². The van der Waals surface area contributed by atoms with E-state index in [4.69, 9.17) is 13.9 Å². The minimum atomic E-state index is -2.05. The lowest BCUT2D eigenvalue weighted by Gasteiger charge is -2.39.